The fourth-order valence-corrected chi connectivity index (χ4v) is 5.86. The molecule has 1 aliphatic heterocycles. The Kier molecular flexibility index (Phi) is 6.30. The number of benzene rings is 2. The van der Waals surface area contributed by atoms with Crippen LogP contribution in [0.5, 0.6) is 0 Å². The van der Waals surface area contributed by atoms with Gasteiger partial charge < -0.3 is 4.98 Å². The molecule has 0 bridgehead atoms. The van der Waals surface area contributed by atoms with Gasteiger partial charge in [-0.1, -0.05) is 30.3 Å². The maximum atomic E-state index is 12.8. The topological polar surface area (TPSA) is 82.2 Å². The van der Waals surface area contributed by atoms with Crippen LogP contribution >= 0.6 is 0 Å². The van der Waals surface area contributed by atoms with Crippen LogP contribution in [0, 0.1) is 0 Å². The number of imidazole rings is 1. The van der Waals surface area contributed by atoms with Crippen molar-refractivity contribution in [1.82, 2.24) is 24.8 Å². The molecular weight excluding hydrogens is 462 g/mol. The minimum absolute atomic E-state index is 0.0599. The van der Waals surface area contributed by atoms with Gasteiger partial charge in [0.25, 0.3) is 11.8 Å². The summed E-state index contributed by atoms with van der Waals surface area (Å²) in [6, 6.07) is 19.7. The first-order valence-electron chi connectivity index (χ1n) is 13.2. The molecule has 6 rings (SSSR count). The summed E-state index contributed by atoms with van der Waals surface area (Å²) in [5.74, 6) is 0.585. The van der Waals surface area contributed by atoms with Crippen molar-refractivity contribution in [1.29, 1.82) is 0 Å². The van der Waals surface area contributed by atoms with E-state index in [2.05, 4.69) is 28.9 Å². The van der Waals surface area contributed by atoms with Crippen molar-refractivity contribution in [2.45, 2.75) is 51.1 Å². The van der Waals surface area contributed by atoms with E-state index < -0.39 is 0 Å². The molecule has 4 aromatic rings. The number of nitrogens with zero attached hydrogens (tertiary/aromatic N) is 4. The molecule has 37 heavy (non-hydrogen) atoms. The van der Waals surface area contributed by atoms with Gasteiger partial charge in [0.1, 0.15) is 5.82 Å². The quantitative estimate of drug-likeness (QED) is 0.260. The number of amides is 2. The zero-order chi connectivity index (χ0) is 25.4. The number of aromatic amines is 1. The lowest BCUT2D eigenvalue weighted by Gasteiger charge is -2.38. The van der Waals surface area contributed by atoms with E-state index in [0.29, 0.717) is 17.7 Å². The van der Waals surface area contributed by atoms with E-state index in [9.17, 15) is 9.59 Å². The number of aryl methyl sites for hydroxylation is 1. The van der Waals surface area contributed by atoms with E-state index in [4.69, 9.17) is 9.97 Å². The third-order valence-electron chi connectivity index (χ3n) is 7.79. The first-order chi connectivity index (χ1) is 18.1. The number of rotatable bonds is 8. The number of H-pyrrole nitrogens is 1. The van der Waals surface area contributed by atoms with Gasteiger partial charge in [-0.25, -0.2) is 4.98 Å². The Morgan fingerprint density at radius 3 is 2.54 bits per heavy atom. The molecule has 3 heterocycles. The predicted molar refractivity (Wildman–Crippen MR) is 142 cm³/mol. The molecule has 2 aromatic carbocycles. The van der Waals surface area contributed by atoms with Gasteiger partial charge in [-0.3, -0.25) is 24.4 Å². The van der Waals surface area contributed by atoms with Gasteiger partial charge in [0.2, 0.25) is 0 Å². The molecule has 0 fully saturated rings. The average molecular weight is 494 g/mol. The second-order valence-electron chi connectivity index (χ2n) is 10.0. The summed E-state index contributed by atoms with van der Waals surface area (Å²) in [4.78, 5) is 42.7. The summed E-state index contributed by atoms with van der Waals surface area (Å²) >= 11 is 0. The Labute approximate surface area is 216 Å². The first kappa shape index (κ1) is 23.6. The number of para-hydroxylation sites is 2. The maximum Gasteiger partial charge on any atom is 0.261 e. The van der Waals surface area contributed by atoms with Crippen LogP contribution in [-0.4, -0.2) is 49.7 Å². The van der Waals surface area contributed by atoms with Gasteiger partial charge in [0, 0.05) is 12.7 Å². The second-order valence-corrected chi connectivity index (χ2v) is 10.0. The normalized spacial score (nSPS) is 17.9. The van der Waals surface area contributed by atoms with Crippen LogP contribution in [0.1, 0.15) is 82.5 Å². The third kappa shape index (κ3) is 4.33. The Morgan fingerprint density at radius 2 is 1.76 bits per heavy atom. The minimum atomic E-state index is -0.182. The SMILES string of the molecule is CC(c1nc2ccccc2[nH]1)N(CCCCN1C(=O)c2ccccc2C1=O)C1CCCc2cccnc21. The lowest BCUT2D eigenvalue weighted by atomic mass is 9.90. The van der Waals surface area contributed by atoms with Crippen molar-refractivity contribution in [2.75, 3.05) is 13.1 Å². The highest BCUT2D eigenvalue weighted by atomic mass is 16.2. The Bertz CT molecular complexity index is 1390. The van der Waals surface area contributed by atoms with E-state index in [1.165, 1.54) is 10.5 Å². The number of hydrogen-bond acceptors (Lipinski definition) is 5. The van der Waals surface area contributed by atoms with Crippen LogP contribution in [-0.2, 0) is 6.42 Å². The van der Waals surface area contributed by atoms with Crippen LogP contribution in [0.15, 0.2) is 66.9 Å². The van der Waals surface area contributed by atoms with Crippen LogP contribution < -0.4 is 0 Å². The number of unbranched alkanes of at least 4 members (excludes halogenated alkanes) is 1. The molecule has 7 nitrogen and oxygen atoms in total. The van der Waals surface area contributed by atoms with Gasteiger partial charge >= 0.3 is 0 Å². The number of aromatic nitrogens is 3. The zero-order valence-electron chi connectivity index (χ0n) is 21.1. The highest BCUT2D eigenvalue weighted by Crippen LogP contribution is 2.38. The molecule has 0 radical (unpaired) electrons. The molecule has 2 atom stereocenters. The summed E-state index contributed by atoms with van der Waals surface area (Å²) in [6.07, 6.45) is 6.73. The summed E-state index contributed by atoms with van der Waals surface area (Å²) in [5, 5.41) is 0. The van der Waals surface area contributed by atoms with E-state index in [0.717, 1.165) is 61.2 Å². The summed E-state index contributed by atoms with van der Waals surface area (Å²) in [7, 11) is 0. The molecule has 0 spiro atoms. The van der Waals surface area contributed by atoms with Crippen LogP contribution in [0.3, 0.4) is 0 Å². The van der Waals surface area contributed by atoms with Gasteiger partial charge in [0.15, 0.2) is 0 Å². The van der Waals surface area contributed by atoms with E-state index in [1.54, 1.807) is 24.3 Å². The minimum Gasteiger partial charge on any atom is -0.341 e. The molecule has 2 unspecified atom stereocenters. The Morgan fingerprint density at radius 1 is 1.00 bits per heavy atom. The Hall–Kier alpha value is -3.84. The molecule has 2 aromatic heterocycles. The molecule has 2 amide bonds. The van der Waals surface area contributed by atoms with Gasteiger partial charge in [0.05, 0.1) is 39.9 Å². The molecule has 7 heteroatoms. The van der Waals surface area contributed by atoms with Crippen molar-refractivity contribution < 1.29 is 9.59 Å². The smallest absolute Gasteiger partial charge is 0.261 e. The lowest BCUT2D eigenvalue weighted by Crippen LogP contribution is -2.36. The largest absolute Gasteiger partial charge is 0.341 e. The van der Waals surface area contributed by atoms with Crippen molar-refractivity contribution in [3.63, 3.8) is 0 Å². The number of fused-ring (bicyclic) bond motifs is 3. The predicted octanol–water partition coefficient (Wildman–Crippen LogP) is 5.47. The number of carbonyl (C=O) groups is 2. The monoisotopic (exact) mass is 493 g/mol. The highest BCUT2D eigenvalue weighted by molar-refractivity contribution is 6.21. The van der Waals surface area contributed by atoms with Crippen molar-refractivity contribution in [3.8, 4) is 0 Å². The van der Waals surface area contributed by atoms with Crippen molar-refractivity contribution in [3.05, 3.63) is 95.1 Å². The highest BCUT2D eigenvalue weighted by Gasteiger charge is 2.35. The van der Waals surface area contributed by atoms with Gasteiger partial charge in [-0.2, -0.15) is 0 Å². The number of hydrogen-bond donors (Lipinski definition) is 1. The number of carbonyl (C=O) groups excluding carboxylic acids is 2. The number of imide groups is 1. The first-order valence-corrected chi connectivity index (χ1v) is 13.2. The summed E-state index contributed by atoms with van der Waals surface area (Å²) in [5.41, 5.74) is 5.52. The third-order valence-corrected chi connectivity index (χ3v) is 7.79. The van der Waals surface area contributed by atoms with Gasteiger partial charge in [-0.15, -0.1) is 0 Å². The van der Waals surface area contributed by atoms with E-state index in [1.807, 2.05) is 30.5 Å². The molecule has 1 aliphatic carbocycles. The number of pyridine rings is 1. The fraction of sp³-hybridized carbons (Fsp3) is 0.333. The summed E-state index contributed by atoms with van der Waals surface area (Å²) in [6.45, 7) is 3.46. The van der Waals surface area contributed by atoms with Gasteiger partial charge in [-0.05, 0) is 81.5 Å². The van der Waals surface area contributed by atoms with Crippen LogP contribution in [0.2, 0.25) is 0 Å². The van der Waals surface area contributed by atoms with Crippen molar-refractivity contribution >= 4 is 22.8 Å². The zero-order valence-corrected chi connectivity index (χ0v) is 21.1. The maximum absolute atomic E-state index is 12.8. The molecule has 1 N–H and O–H groups in total. The van der Waals surface area contributed by atoms with Crippen molar-refractivity contribution in [2.24, 2.45) is 0 Å². The van der Waals surface area contributed by atoms with Crippen LogP contribution in [0.25, 0.3) is 11.0 Å². The molecule has 0 saturated heterocycles. The summed E-state index contributed by atoms with van der Waals surface area (Å²) < 4.78 is 0. The molecule has 2 aliphatic rings. The number of nitrogens with one attached hydrogen (secondary N) is 1. The van der Waals surface area contributed by atoms with Crippen LogP contribution in [0.4, 0.5) is 0 Å². The average Bonchev–Trinajstić information content (AvgIpc) is 3.48. The molecule has 188 valence electrons. The van der Waals surface area contributed by atoms with E-state index >= 15 is 0 Å². The lowest BCUT2D eigenvalue weighted by molar-refractivity contribution is 0.0645. The standard InChI is InChI=1S/C30H31N5O2/c1-20(28-32-24-14-4-5-15-25(24)33-28)34(26-16-8-10-21-11-9-17-31-27(21)26)18-6-7-19-35-29(36)22-12-2-3-13-23(22)30(35)37/h2-5,9,11-15,17,20,26H,6-8,10,16,18-19H2,1H3,(H,32,33). The molecular formula is C30H31N5O2. The molecule has 0 saturated carbocycles. The van der Waals surface area contributed by atoms with E-state index in [-0.39, 0.29) is 23.9 Å². The fourth-order valence-electron chi connectivity index (χ4n) is 5.86. The Balaban J connectivity index is 1.20. The second kappa shape index (κ2) is 9.90.